The molecule has 0 saturated carbocycles. The molecule has 0 radical (unpaired) electrons. The van der Waals surface area contributed by atoms with E-state index in [0.717, 1.165) is 17.0 Å². The third-order valence-corrected chi connectivity index (χ3v) is 2.53. The van der Waals surface area contributed by atoms with Gasteiger partial charge in [-0.1, -0.05) is 5.16 Å². The molecule has 0 saturated heterocycles. The molecule has 1 aliphatic heterocycles. The fraction of sp³-hybridized carbons (Fsp3) is 0.273. The fourth-order valence-corrected chi connectivity index (χ4v) is 1.56. The van der Waals surface area contributed by atoms with Gasteiger partial charge in [0.2, 0.25) is 6.10 Å². The zero-order chi connectivity index (χ0) is 12.3. The number of nitrogens with one attached hydrogen (secondary N) is 1. The first kappa shape index (κ1) is 11.4. The van der Waals surface area contributed by atoms with Crippen LogP contribution in [-0.4, -0.2) is 24.8 Å². The average Bonchev–Trinajstić information content (AvgIpc) is 2.87. The summed E-state index contributed by atoms with van der Waals surface area (Å²) in [7, 11) is 1.60. The van der Waals surface area contributed by atoms with Crippen LogP contribution in [0.4, 0.5) is 0 Å². The number of benzene rings is 1. The van der Waals surface area contributed by atoms with Crippen molar-refractivity contribution in [1.82, 2.24) is 5.43 Å². The van der Waals surface area contributed by atoms with Crippen LogP contribution in [0.3, 0.4) is 0 Å². The number of nitrogens with zero attached hydrogens (tertiary/aromatic N) is 1. The van der Waals surface area contributed by atoms with Crippen molar-refractivity contribution in [3.8, 4) is 5.75 Å². The molecule has 0 bridgehead atoms. The Kier molecular flexibility index (Phi) is 3.24. The first-order valence-corrected chi connectivity index (χ1v) is 5.12. The number of methoxy groups -OCH3 is 1. The monoisotopic (exact) mass is 235 g/mol. The minimum atomic E-state index is -0.642. The Morgan fingerprint density at radius 3 is 2.82 bits per heavy atom. The maximum atomic E-state index is 11.2. The summed E-state index contributed by atoms with van der Waals surface area (Å²) in [4.78, 5) is 16.2. The summed E-state index contributed by atoms with van der Waals surface area (Å²) >= 11 is 0. The van der Waals surface area contributed by atoms with Gasteiger partial charge in [-0.25, -0.2) is 5.84 Å². The van der Waals surface area contributed by atoms with Crippen molar-refractivity contribution in [2.24, 2.45) is 11.0 Å². The summed E-state index contributed by atoms with van der Waals surface area (Å²) in [6, 6.07) is 7.38. The Balaban J connectivity index is 2.07. The summed E-state index contributed by atoms with van der Waals surface area (Å²) in [6.07, 6.45) is -0.230. The molecule has 0 aliphatic carbocycles. The highest BCUT2D eigenvalue weighted by molar-refractivity contribution is 6.04. The molecule has 90 valence electrons. The molecule has 0 spiro atoms. The second kappa shape index (κ2) is 4.84. The lowest BCUT2D eigenvalue weighted by Crippen LogP contribution is -2.39. The molecule has 1 aliphatic rings. The van der Waals surface area contributed by atoms with Crippen LogP contribution < -0.4 is 16.0 Å². The van der Waals surface area contributed by atoms with Gasteiger partial charge in [0.1, 0.15) is 5.75 Å². The number of rotatable bonds is 3. The van der Waals surface area contributed by atoms with Crippen molar-refractivity contribution in [3.05, 3.63) is 29.8 Å². The van der Waals surface area contributed by atoms with Gasteiger partial charge in [-0.3, -0.25) is 10.2 Å². The maximum Gasteiger partial charge on any atom is 0.278 e. The fourth-order valence-electron chi connectivity index (χ4n) is 1.56. The second-order valence-electron chi connectivity index (χ2n) is 3.57. The molecular formula is C11H13N3O3. The zero-order valence-corrected chi connectivity index (χ0v) is 9.34. The molecule has 2 rings (SSSR count). The van der Waals surface area contributed by atoms with E-state index < -0.39 is 6.10 Å². The lowest BCUT2D eigenvalue weighted by Gasteiger charge is -2.05. The van der Waals surface area contributed by atoms with Crippen LogP contribution in [0.2, 0.25) is 0 Å². The third kappa shape index (κ3) is 2.36. The quantitative estimate of drug-likeness (QED) is 0.444. The number of oxime groups is 1. The minimum absolute atomic E-state index is 0.378. The highest BCUT2D eigenvalue weighted by Crippen LogP contribution is 2.19. The molecule has 1 heterocycles. The van der Waals surface area contributed by atoms with Crippen LogP contribution in [0, 0.1) is 0 Å². The van der Waals surface area contributed by atoms with Gasteiger partial charge in [-0.15, -0.1) is 0 Å². The van der Waals surface area contributed by atoms with Crippen LogP contribution in [0.25, 0.3) is 0 Å². The van der Waals surface area contributed by atoms with Gasteiger partial charge < -0.3 is 9.57 Å². The molecular weight excluding hydrogens is 222 g/mol. The molecule has 6 heteroatoms. The SMILES string of the molecule is COc1ccc(C2=NO[C@H](C(=O)NN)C2)cc1. The van der Waals surface area contributed by atoms with Gasteiger partial charge in [0.05, 0.1) is 12.8 Å². The van der Waals surface area contributed by atoms with Crippen LogP contribution in [0.15, 0.2) is 29.4 Å². The molecule has 1 atom stereocenters. The normalized spacial score (nSPS) is 18.2. The Morgan fingerprint density at radius 2 is 2.24 bits per heavy atom. The molecule has 0 unspecified atom stereocenters. The van der Waals surface area contributed by atoms with E-state index in [9.17, 15) is 4.79 Å². The van der Waals surface area contributed by atoms with Crippen LogP contribution in [0.1, 0.15) is 12.0 Å². The molecule has 1 aromatic carbocycles. The third-order valence-electron chi connectivity index (χ3n) is 2.53. The van der Waals surface area contributed by atoms with Crippen molar-refractivity contribution in [2.45, 2.75) is 12.5 Å². The minimum Gasteiger partial charge on any atom is -0.497 e. The Bertz CT molecular complexity index is 442. The van der Waals surface area contributed by atoms with Crippen LogP contribution in [0.5, 0.6) is 5.75 Å². The largest absolute Gasteiger partial charge is 0.497 e. The summed E-state index contributed by atoms with van der Waals surface area (Å²) in [5.41, 5.74) is 3.66. The Hall–Kier alpha value is -2.08. The number of nitrogens with two attached hydrogens (primary N) is 1. The van der Waals surface area contributed by atoms with Crippen molar-refractivity contribution in [2.75, 3.05) is 7.11 Å². The summed E-state index contributed by atoms with van der Waals surface area (Å²) in [5, 5.41) is 3.87. The van der Waals surface area contributed by atoms with Gasteiger partial charge in [0.25, 0.3) is 5.91 Å². The highest BCUT2D eigenvalue weighted by Gasteiger charge is 2.28. The van der Waals surface area contributed by atoms with Crippen molar-refractivity contribution in [1.29, 1.82) is 0 Å². The van der Waals surface area contributed by atoms with E-state index in [1.165, 1.54) is 0 Å². The van der Waals surface area contributed by atoms with E-state index in [0.29, 0.717) is 6.42 Å². The van der Waals surface area contributed by atoms with E-state index >= 15 is 0 Å². The van der Waals surface area contributed by atoms with Crippen molar-refractivity contribution < 1.29 is 14.4 Å². The predicted molar refractivity (Wildman–Crippen MR) is 61.4 cm³/mol. The number of ether oxygens (including phenoxy) is 1. The Labute approximate surface area is 98.3 Å². The van der Waals surface area contributed by atoms with Gasteiger partial charge in [-0.05, 0) is 29.8 Å². The van der Waals surface area contributed by atoms with Gasteiger partial charge in [0, 0.05) is 6.42 Å². The van der Waals surface area contributed by atoms with Gasteiger partial charge >= 0.3 is 0 Å². The predicted octanol–water partition coefficient (Wildman–Crippen LogP) is 0.178. The number of hydrogen-bond acceptors (Lipinski definition) is 5. The molecule has 1 aromatic rings. The topological polar surface area (TPSA) is 85.9 Å². The first-order chi connectivity index (χ1) is 8.24. The molecule has 6 nitrogen and oxygen atoms in total. The molecule has 0 fully saturated rings. The summed E-state index contributed by atoms with van der Waals surface area (Å²) in [6.45, 7) is 0. The smallest absolute Gasteiger partial charge is 0.278 e. The number of carbonyl (C=O) groups excluding carboxylic acids is 1. The maximum absolute atomic E-state index is 11.2. The zero-order valence-electron chi connectivity index (χ0n) is 9.34. The summed E-state index contributed by atoms with van der Waals surface area (Å²) < 4.78 is 5.06. The average molecular weight is 235 g/mol. The molecule has 17 heavy (non-hydrogen) atoms. The lowest BCUT2D eigenvalue weighted by atomic mass is 10.0. The van der Waals surface area contributed by atoms with Gasteiger partial charge in [-0.2, -0.15) is 0 Å². The number of hydrazine groups is 1. The van der Waals surface area contributed by atoms with E-state index in [1.807, 2.05) is 29.7 Å². The van der Waals surface area contributed by atoms with Crippen molar-refractivity contribution >= 4 is 11.6 Å². The van der Waals surface area contributed by atoms with E-state index in [2.05, 4.69) is 5.16 Å². The second-order valence-corrected chi connectivity index (χ2v) is 3.57. The first-order valence-electron chi connectivity index (χ1n) is 5.12. The van der Waals surface area contributed by atoms with E-state index in [1.54, 1.807) is 7.11 Å². The van der Waals surface area contributed by atoms with Gasteiger partial charge in [0.15, 0.2) is 0 Å². The number of amides is 1. The molecule has 0 aromatic heterocycles. The lowest BCUT2D eigenvalue weighted by molar-refractivity contribution is -0.131. The van der Waals surface area contributed by atoms with Crippen molar-refractivity contribution in [3.63, 3.8) is 0 Å². The number of carbonyl (C=O) groups is 1. The van der Waals surface area contributed by atoms with E-state index in [4.69, 9.17) is 15.4 Å². The number of hydrogen-bond donors (Lipinski definition) is 2. The van der Waals surface area contributed by atoms with Crippen LogP contribution in [-0.2, 0) is 9.63 Å². The van der Waals surface area contributed by atoms with E-state index in [-0.39, 0.29) is 5.91 Å². The van der Waals surface area contributed by atoms with Crippen LogP contribution >= 0.6 is 0 Å². The molecule has 3 N–H and O–H groups in total. The Morgan fingerprint density at radius 1 is 1.53 bits per heavy atom. The highest BCUT2D eigenvalue weighted by atomic mass is 16.6. The molecule has 1 amide bonds. The standard InChI is InChI=1S/C11H13N3O3/c1-16-8-4-2-7(3-5-8)9-6-10(17-14-9)11(15)13-12/h2-5,10H,6,12H2,1H3,(H,13,15)/t10-/m0/s1. The summed E-state index contributed by atoms with van der Waals surface area (Å²) in [5.74, 6) is 5.42.